The molecule has 106 valence electrons. The number of aliphatic carboxylic acids is 1. The van der Waals surface area contributed by atoms with Gasteiger partial charge in [-0.15, -0.1) is 0 Å². The highest BCUT2D eigenvalue weighted by molar-refractivity contribution is 5.69. The maximum atomic E-state index is 13.5. The quantitative estimate of drug-likeness (QED) is 0.834. The van der Waals surface area contributed by atoms with Crippen molar-refractivity contribution in [1.82, 2.24) is 9.80 Å². The normalized spacial score (nSPS) is 26.6. The number of carboxylic acid groups (broad SMARTS) is 1. The predicted molar refractivity (Wildman–Crippen MR) is 69.5 cm³/mol. The van der Waals surface area contributed by atoms with Crippen molar-refractivity contribution in [3.8, 4) is 0 Å². The lowest BCUT2D eigenvalue weighted by atomic mass is 9.93. The highest BCUT2D eigenvalue weighted by Gasteiger charge is 2.35. The molecule has 18 heavy (non-hydrogen) atoms. The van der Waals surface area contributed by atoms with Crippen LogP contribution in [-0.4, -0.2) is 65.3 Å². The number of likely N-dealkylation sites (N-methyl/N-ethyl adjacent to an activating group) is 1. The minimum atomic E-state index is -0.820. The average Bonchev–Trinajstić information content (AvgIpc) is 2.17. The van der Waals surface area contributed by atoms with E-state index in [1.54, 1.807) is 11.9 Å². The summed E-state index contributed by atoms with van der Waals surface area (Å²) in [5.74, 6) is -0.820. The maximum absolute atomic E-state index is 13.5. The fourth-order valence-electron chi connectivity index (χ4n) is 2.65. The van der Waals surface area contributed by atoms with Crippen molar-refractivity contribution in [3.63, 3.8) is 0 Å². The summed E-state index contributed by atoms with van der Waals surface area (Å²) in [6.07, 6.45) is 0.617. The number of carbonyl (C=O) groups is 1. The van der Waals surface area contributed by atoms with Gasteiger partial charge in [-0.1, -0.05) is 0 Å². The standard InChI is InChI=1S/C13H25FN2O2/c1-13(2,3)16-7-10(14)5-6-11(16)8-15(4)9-12(17)18/h10-11H,5-9H2,1-4H3,(H,17,18). The molecule has 0 amide bonds. The summed E-state index contributed by atoms with van der Waals surface area (Å²) >= 11 is 0. The zero-order chi connectivity index (χ0) is 13.9. The molecule has 1 fully saturated rings. The molecular weight excluding hydrogens is 235 g/mol. The number of hydrogen-bond donors (Lipinski definition) is 1. The van der Waals surface area contributed by atoms with E-state index in [1.807, 2.05) is 0 Å². The van der Waals surface area contributed by atoms with Crippen LogP contribution in [0.2, 0.25) is 0 Å². The summed E-state index contributed by atoms with van der Waals surface area (Å²) in [4.78, 5) is 14.6. The van der Waals surface area contributed by atoms with Crippen LogP contribution in [0.3, 0.4) is 0 Å². The van der Waals surface area contributed by atoms with Gasteiger partial charge in [-0.2, -0.15) is 0 Å². The van der Waals surface area contributed by atoms with E-state index in [4.69, 9.17) is 5.11 Å². The van der Waals surface area contributed by atoms with E-state index in [1.165, 1.54) is 0 Å². The molecule has 1 saturated heterocycles. The number of likely N-dealkylation sites (tertiary alicyclic amines) is 1. The highest BCUT2D eigenvalue weighted by Crippen LogP contribution is 2.27. The molecule has 2 atom stereocenters. The third-order valence-electron chi connectivity index (χ3n) is 3.44. The number of nitrogens with zero attached hydrogens (tertiary/aromatic N) is 2. The number of halogens is 1. The van der Waals surface area contributed by atoms with Crippen molar-refractivity contribution in [2.75, 3.05) is 26.7 Å². The van der Waals surface area contributed by atoms with Crippen LogP contribution in [0, 0.1) is 0 Å². The second-order valence-corrected chi connectivity index (χ2v) is 6.24. The Kier molecular flexibility index (Phi) is 5.10. The number of alkyl halides is 1. The molecule has 0 spiro atoms. The molecule has 1 aliphatic heterocycles. The molecule has 0 radical (unpaired) electrons. The molecule has 0 aromatic carbocycles. The zero-order valence-electron chi connectivity index (χ0n) is 11.8. The van der Waals surface area contributed by atoms with Crippen LogP contribution in [0.25, 0.3) is 0 Å². The second kappa shape index (κ2) is 5.97. The Labute approximate surface area is 109 Å². The Morgan fingerprint density at radius 1 is 1.44 bits per heavy atom. The Balaban J connectivity index is 2.63. The van der Waals surface area contributed by atoms with E-state index in [-0.39, 0.29) is 18.1 Å². The first-order valence-electron chi connectivity index (χ1n) is 6.51. The molecule has 1 heterocycles. The van der Waals surface area contributed by atoms with Gasteiger partial charge in [-0.05, 0) is 40.7 Å². The minimum absolute atomic E-state index is 0.0353. The van der Waals surface area contributed by atoms with Crippen molar-refractivity contribution in [2.24, 2.45) is 0 Å². The molecule has 1 rings (SSSR count). The Hall–Kier alpha value is -0.680. The van der Waals surface area contributed by atoms with Gasteiger partial charge in [0.1, 0.15) is 6.17 Å². The summed E-state index contributed by atoms with van der Waals surface area (Å²) in [6.45, 7) is 7.40. The van der Waals surface area contributed by atoms with Gasteiger partial charge in [-0.25, -0.2) is 4.39 Å². The van der Waals surface area contributed by atoms with Crippen LogP contribution in [0.1, 0.15) is 33.6 Å². The van der Waals surface area contributed by atoms with Crippen molar-refractivity contribution in [1.29, 1.82) is 0 Å². The van der Waals surface area contributed by atoms with E-state index in [9.17, 15) is 9.18 Å². The van der Waals surface area contributed by atoms with Crippen molar-refractivity contribution in [2.45, 2.75) is 51.4 Å². The summed E-state index contributed by atoms with van der Waals surface area (Å²) in [5.41, 5.74) is -0.0838. The minimum Gasteiger partial charge on any atom is -0.480 e. The van der Waals surface area contributed by atoms with Crippen LogP contribution in [-0.2, 0) is 4.79 Å². The SMILES string of the molecule is CN(CC(=O)O)CC1CCC(F)CN1C(C)(C)C. The second-order valence-electron chi connectivity index (χ2n) is 6.24. The smallest absolute Gasteiger partial charge is 0.317 e. The Morgan fingerprint density at radius 2 is 2.06 bits per heavy atom. The molecule has 1 aliphatic rings. The Bertz CT molecular complexity index is 291. The molecule has 1 N–H and O–H groups in total. The molecule has 0 bridgehead atoms. The first-order valence-corrected chi connectivity index (χ1v) is 6.51. The fourth-order valence-corrected chi connectivity index (χ4v) is 2.65. The highest BCUT2D eigenvalue weighted by atomic mass is 19.1. The largest absolute Gasteiger partial charge is 0.480 e. The molecule has 0 saturated carbocycles. The lowest BCUT2D eigenvalue weighted by molar-refractivity contribution is -0.138. The van der Waals surface area contributed by atoms with Crippen molar-refractivity contribution < 1.29 is 14.3 Å². The first-order chi connectivity index (χ1) is 8.20. The van der Waals surface area contributed by atoms with Crippen LogP contribution < -0.4 is 0 Å². The number of carboxylic acids is 1. The first kappa shape index (κ1) is 15.4. The van der Waals surface area contributed by atoms with E-state index >= 15 is 0 Å². The lowest BCUT2D eigenvalue weighted by Crippen LogP contribution is -2.57. The molecular formula is C13H25FN2O2. The van der Waals surface area contributed by atoms with Crippen LogP contribution in [0.15, 0.2) is 0 Å². The maximum Gasteiger partial charge on any atom is 0.317 e. The molecule has 2 unspecified atom stereocenters. The fraction of sp³-hybridized carbons (Fsp3) is 0.923. The van der Waals surface area contributed by atoms with Crippen molar-refractivity contribution in [3.05, 3.63) is 0 Å². The number of rotatable bonds is 4. The van der Waals surface area contributed by atoms with E-state index in [2.05, 4.69) is 25.7 Å². The third kappa shape index (κ3) is 4.53. The van der Waals surface area contributed by atoms with E-state index in [0.717, 1.165) is 6.42 Å². The zero-order valence-corrected chi connectivity index (χ0v) is 11.8. The predicted octanol–water partition coefficient (Wildman–Crippen LogP) is 1.60. The summed E-state index contributed by atoms with van der Waals surface area (Å²) < 4.78 is 13.5. The topological polar surface area (TPSA) is 43.8 Å². The summed E-state index contributed by atoms with van der Waals surface area (Å²) in [6, 6.07) is 0.237. The molecule has 0 aromatic heterocycles. The summed E-state index contributed by atoms with van der Waals surface area (Å²) in [5, 5.41) is 8.77. The van der Waals surface area contributed by atoms with Gasteiger partial charge in [0.15, 0.2) is 0 Å². The van der Waals surface area contributed by atoms with Crippen molar-refractivity contribution >= 4 is 5.97 Å². The number of piperidine rings is 1. The van der Waals surface area contributed by atoms with Crippen LogP contribution in [0.4, 0.5) is 4.39 Å². The average molecular weight is 260 g/mol. The van der Waals surface area contributed by atoms with Gasteiger partial charge in [0.25, 0.3) is 0 Å². The monoisotopic (exact) mass is 260 g/mol. The van der Waals surface area contributed by atoms with Gasteiger partial charge in [0.05, 0.1) is 6.54 Å². The molecule has 0 aliphatic carbocycles. The lowest BCUT2D eigenvalue weighted by Gasteiger charge is -2.46. The van der Waals surface area contributed by atoms with Gasteiger partial charge >= 0.3 is 5.97 Å². The third-order valence-corrected chi connectivity index (χ3v) is 3.44. The van der Waals surface area contributed by atoms with Crippen LogP contribution in [0.5, 0.6) is 0 Å². The van der Waals surface area contributed by atoms with Gasteiger partial charge < -0.3 is 5.11 Å². The van der Waals surface area contributed by atoms with Gasteiger partial charge in [0, 0.05) is 24.7 Å². The van der Waals surface area contributed by atoms with Gasteiger partial charge in [-0.3, -0.25) is 14.6 Å². The van der Waals surface area contributed by atoms with Crippen LogP contribution >= 0.6 is 0 Å². The number of hydrogen-bond acceptors (Lipinski definition) is 3. The molecule has 5 heteroatoms. The Morgan fingerprint density at radius 3 is 2.56 bits per heavy atom. The van der Waals surface area contributed by atoms with Gasteiger partial charge in [0.2, 0.25) is 0 Å². The van der Waals surface area contributed by atoms with E-state index < -0.39 is 12.1 Å². The molecule has 0 aromatic rings. The molecule has 4 nitrogen and oxygen atoms in total. The summed E-state index contributed by atoms with van der Waals surface area (Å²) in [7, 11) is 1.80. The van der Waals surface area contributed by atoms with E-state index in [0.29, 0.717) is 19.5 Å².